The zero-order valence-corrected chi connectivity index (χ0v) is 14.4. The van der Waals surface area contributed by atoms with Crippen molar-refractivity contribution in [1.29, 1.82) is 0 Å². The standard InChI is InChI=1S/C19H16FN3O4/c1-11(17(24)21-10-12-6-8-13(20)9-7-12)27-19(26)16-14-4-2-3-5-15(14)18(25)23-22-16/h2-9,11H,10H2,1H3,(H,21,24)(H,23,25)/t11-/m1/s1. The largest absolute Gasteiger partial charge is 0.448 e. The Bertz CT molecular complexity index is 1050. The number of hydrogen-bond acceptors (Lipinski definition) is 5. The zero-order valence-electron chi connectivity index (χ0n) is 14.4. The van der Waals surface area contributed by atoms with Crippen molar-refractivity contribution in [3.8, 4) is 0 Å². The summed E-state index contributed by atoms with van der Waals surface area (Å²) in [6, 6.07) is 12.1. The van der Waals surface area contributed by atoms with E-state index in [4.69, 9.17) is 4.74 Å². The Morgan fingerprint density at radius 1 is 1.15 bits per heavy atom. The average Bonchev–Trinajstić information content (AvgIpc) is 2.67. The number of fused-ring (bicyclic) bond motifs is 1. The third-order valence-corrected chi connectivity index (χ3v) is 3.92. The van der Waals surface area contributed by atoms with Crippen LogP contribution in [0.15, 0.2) is 53.3 Å². The SMILES string of the molecule is C[C@@H](OC(=O)c1n[nH]c(=O)c2ccccc12)C(=O)NCc1ccc(F)cc1. The van der Waals surface area contributed by atoms with E-state index in [1.54, 1.807) is 36.4 Å². The number of esters is 1. The number of ether oxygens (including phenoxy) is 1. The fourth-order valence-electron chi connectivity index (χ4n) is 2.48. The van der Waals surface area contributed by atoms with E-state index in [0.717, 1.165) is 0 Å². The number of carbonyl (C=O) groups is 2. The summed E-state index contributed by atoms with van der Waals surface area (Å²) in [6.07, 6.45) is -1.08. The molecule has 27 heavy (non-hydrogen) atoms. The number of amides is 1. The molecular formula is C19H16FN3O4. The van der Waals surface area contributed by atoms with Gasteiger partial charge >= 0.3 is 5.97 Å². The third-order valence-electron chi connectivity index (χ3n) is 3.92. The van der Waals surface area contributed by atoms with Gasteiger partial charge in [-0.25, -0.2) is 14.3 Å². The van der Waals surface area contributed by atoms with Crippen LogP contribution in [0.25, 0.3) is 10.8 Å². The molecule has 0 spiro atoms. The average molecular weight is 369 g/mol. The van der Waals surface area contributed by atoms with Gasteiger partial charge in [0.15, 0.2) is 11.8 Å². The number of halogens is 1. The minimum absolute atomic E-state index is 0.0802. The van der Waals surface area contributed by atoms with Crippen LogP contribution in [0.3, 0.4) is 0 Å². The monoisotopic (exact) mass is 369 g/mol. The number of aromatic nitrogens is 2. The molecule has 7 nitrogen and oxygen atoms in total. The summed E-state index contributed by atoms with van der Waals surface area (Å²) in [5.41, 5.74) is 0.201. The Kier molecular flexibility index (Phi) is 5.25. The highest BCUT2D eigenvalue weighted by molar-refractivity contribution is 6.02. The smallest absolute Gasteiger partial charge is 0.360 e. The lowest BCUT2D eigenvalue weighted by Gasteiger charge is -2.13. The Labute approximate surface area is 153 Å². The summed E-state index contributed by atoms with van der Waals surface area (Å²) in [6.45, 7) is 1.59. The Hall–Kier alpha value is -3.55. The van der Waals surface area contributed by atoms with Crippen LogP contribution in [-0.4, -0.2) is 28.2 Å². The maximum Gasteiger partial charge on any atom is 0.360 e. The minimum Gasteiger partial charge on any atom is -0.448 e. The van der Waals surface area contributed by atoms with Gasteiger partial charge in [-0.3, -0.25) is 9.59 Å². The van der Waals surface area contributed by atoms with E-state index in [9.17, 15) is 18.8 Å². The number of rotatable bonds is 5. The molecule has 2 aromatic carbocycles. The van der Waals surface area contributed by atoms with Gasteiger partial charge in [-0.15, -0.1) is 0 Å². The predicted octanol–water partition coefficient (Wildman–Crippen LogP) is 1.92. The number of hydrogen-bond donors (Lipinski definition) is 2. The van der Waals surface area contributed by atoms with E-state index in [2.05, 4.69) is 15.5 Å². The van der Waals surface area contributed by atoms with Crippen molar-refractivity contribution in [2.75, 3.05) is 0 Å². The lowest BCUT2D eigenvalue weighted by Crippen LogP contribution is -2.35. The summed E-state index contributed by atoms with van der Waals surface area (Å²) in [5.74, 6) is -1.71. The molecular weight excluding hydrogens is 353 g/mol. The van der Waals surface area contributed by atoms with Crippen LogP contribution in [0.4, 0.5) is 4.39 Å². The summed E-state index contributed by atoms with van der Waals surface area (Å²) in [4.78, 5) is 36.3. The molecule has 1 heterocycles. The van der Waals surface area contributed by atoms with Gasteiger partial charge < -0.3 is 10.1 Å². The second-order valence-corrected chi connectivity index (χ2v) is 5.84. The zero-order chi connectivity index (χ0) is 19.4. The Morgan fingerprint density at radius 3 is 2.52 bits per heavy atom. The van der Waals surface area contributed by atoms with E-state index in [1.807, 2.05) is 0 Å². The van der Waals surface area contributed by atoms with Crippen molar-refractivity contribution >= 4 is 22.6 Å². The highest BCUT2D eigenvalue weighted by atomic mass is 19.1. The van der Waals surface area contributed by atoms with Gasteiger partial charge in [0.2, 0.25) is 0 Å². The molecule has 8 heteroatoms. The number of carbonyl (C=O) groups excluding carboxylic acids is 2. The Balaban J connectivity index is 1.67. The third kappa shape index (κ3) is 4.17. The number of aromatic amines is 1. The number of benzene rings is 2. The molecule has 1 atom stereocenters. The molecule has 0 saturated carbocycles. The second kappa shape index (κ2) is 7.77. The van der Waals surface area contributed by atoms with Crippen molar-refractivity contribution in [2.24, 2.45) is 0 Å². The van der Waals surface area contributed by atoms with Crippen molar-refractivity contribution in [3.05, 3.63) is 76.0 Å². The van der Waals surface area contributed by atoms with Gasteiger partial charge in [0.1, 0.15) is 5.82 Å². The molecule has 3 rings (SSSR count). The van der Waals surface area contributed by atoms with Gasteiger partial charge in [-0.2, -0.15) is 5.10 Å². The summed E-state index contributed by atoms with van der Waals surface area (Å²) in [5, 5.41) is 9.22. The van der Waals surface area contributed by atoms with Gasteiger partial charge in [0, 0.05) is 11.9 Å². The van der Waals surface area contributed by atoms with Gasteiger partial charge in [-0.05, 0) is 30.7 Å². The summed E-state index contributed by atoms with van der Waals surface area (Å²) in [7, 11) is 0. The van der Waals surface area contributed by atoms with Gasteiger partial charge in [0.25, 0.3) is 11.5 Å². The molecule has 0 radical (unpaired) electrons. The van der Waals surface area contributed by atoms with E-state index in [0.29, 0.717) is 16.3 Å². The summed E-state index contributed by atoms with van der Waals surface area (Å²) < 4.78 is 18.0. The van der Waals surface area contributed by atoms with E-state index in [1.165, 1.54) is 19.1 Å². The summed E-state index contributed by atoms with van der Waals surface area (Å²) >= 11 is 0. The maximum atomic E-state index is 12.9. The van der Waals surface area contributed by atoms with Crippen LogP contribution in [0.5, 0.6) is 0 Å². The van der Waals surface area contributed by atoms with Crippen molar-refractivity contribution in [2.45, 2.75) is 19.6 Å². The van der Waals surface area contributed by atoms with Crippen molar-refractivity contribution in [3.63, 3.8) is 0 Å². The van der Waals surface area contributed by atoms with Gasteiger partial charge in [0.05, 0.1) is 5.39 Å². The first-order valence-electron chi connectivity index (χ1n) is 8.16. The van der Waals surface area contributed by atoms with E-state index in [-0.39, 0.29) is 18.1 Å². The second-order valence-electron chi connectivity index (χ2n) is 5.84. The van der Waals surface area contributed by atoms with Crippen molar-refractivity contribution in [1.82, 2.24) is 15.5 Å². The van der Waals surface area contributed by atoms with E-state index >= 15 is 0 Å². The lowest BCUT2D eigenvalue weighted by atomic mass is 10.1. The first kappa shape index (κ1) is 18.2. The van der Waals surface area contributed by atoms with Crippen LogP contribution in [0, 0.1) is 5.82 Å². The van der Waals surface area contributed by atoms with Crippen LogP contribution < -0.4 is 10.9 Å². The molecule has 1 aromatic heterocycles. The van der Waals surface area contributed by atoms with Crippen LogP contribution in [0.2, 0.25) is 0 Å². The first-order valence-corrected chi connectivity index (χ1v) is 8.16. The molecule has 2 N–H and O–H groups in total. The van der Waals surface area contributed by atoms with Crippen LogP contribution >= 0.6 is 0 Å². The molecule has 1 amide bonds. The molecule has 0 aliphatic rings. The fourth-order valence-corrected chi connectivity index (χ4v) is 2.48. The van der Waals surface area contributed by atoms with Crippen LogP contribution in [-0.2, 0) is 16.1 Å². The molecule has 0 aliphatic heterocycles. The lowest BCUT2D eigenvalue weighted by molar-refractivity contribution is -0.129. The molecule has 138 valence electrons. The quantitative estimate of drug-likeness (QED) is 0.669. The number of nitrogens with one attached hydrogen (secondary N) is 2. The number of H-pyrrole nitrogens is 1. The van der Waals surface area contributed by atoms with Crippen molar-refractivity contribution < 1.29 is 18.7 Å². The number of nitrogens with zero attached hydrogens (tertiary/aromatic N) is 1. The molecule has 0 saturated heterocycles. The highest BCUT2D eigenvalue weighted by Gasteiger charge is 2.22. The maximum absolute atomic E-state index is 12.9. The molecule has 0 aliphatic carbocycles. The molecule has 0 unspecified atom stereocenters. The topological polar surface area (TPSA) is 101 Å². The van der Waals surface area contributed by atoms with Crippen LogP contribution in [0.1, 0.15) is 23.0 Å². The minimum atomic E-state index is -1.08. The molecule has 0 fully saturated rings. The first-order chi connectivity index (χ1) is 13.0. The van der Waals surface area contributed by atoms with E-state index < -0.39 is 23.5 Å². The fraction of sp³-hybridized carbons (Fsp3) is 0.158. The highest BCUT2D eigenvalue weighted by Crippen LogP contribution is 2.14. The Morgan fingerprint density at radius 2 is 1.81 bits per heavy atom. The predicted molar refractivity (Wildman–Crippen MR) is 95.5 cm³/mol. The molecule has 0 bridgehead atoms. The van der Waals surface area contributed by atoms with Gasteiger partial charge in [-0.1, -0.05) is 30.3 Å². The molecule has 3 aromatic rings. The normalized spacial score (nSPS) is 11.8.